The maximum absolute atomic E-state index is 6.09. The van der Waals surface area contributed by atoms with E-state index in [4.69, 9.17) is 11.6 Å². The Morgan fingerprint density at radius 2 is 2.23 bits per heavy atom. The van der Waals surface area contributed by atoms with Gasteiger partial charge in [0.15, 0.2) is 5.96 Å². The molecule has 4 nitrogen and oxygen atoms in total. The molecule has 0 aliphatic heterocycles. The summed E-state index contributed by atoms with van der Waals surface area (Å²) in [7, 11) is 0. The molecular weight excluding hydrogens is 296 g/mol. The van der Waals surface area contributed by atoms with Crippen molar-refractivity contribution in [2.24, 2.45) is 10.9 Å². The van der Waals surface area contributed by atoms with E-state index in [-0.39, 0.29) is 0 Å². The van der Waals surface area contributed by atoms with E-state index < -0.39 is 0 Å². The van der Waals surface area contributed by atoms with E-state index in [2.05, 4.69) is 33.7 Å². The van der Waals surface area contributed by atoms with E-state index in [0.29, 0.717) is 0 Å². The number of hydrogen-bond donors (Lipinski definition) is 3. The van der Waals surface area contributed by atoms with Crippen molar-refractivity contribution in [2.45, 2.75) is 26.2 Å². The van der Waals surface area contributed by atoms with Crippen molar-refractivity contribution in [3.05, 3.63) is 35.0 Å². The second-order valence-corrected chi connectivity index (χ2v) is 6.28. The van der Waals surface area contributed by atoms with Crippen molar-refractivity contribution in [1.82, 2.24) is 15.6 Å². The van der Waals surface area contributed by atoms with Crippen LogP contribution >= 0.6 is 11.6 Å². The summed E-state index contributed by atoms with van der Waals surface area (Å²) in [5.41, 5.74) is 2.41. The van der Waals surface area contributed by atoms with Gasteiger partial charge in [0.25, 0.3) is 0 Å². The number of nitrogens with zero attached hydrogens (tertiary/aromatic N) is 1. The number of hydrogen-bond acceptors (Lipinski definition) is 1. The highest BCUT2D eigenvalue weighted by Gasteiger charge is 2.20. The average molecular weight is 319 g/mol. The van der Waals surface area contributed by atoms with Crippen LogP contribution in [0, 0.1) is 5.92 Å². The fraction of sp³-hybridized carbons (Fsp3) is 0.471. The highest BCUT2D eigenvalue weighted by atomic mass is 35.5. The van der Waals surface area contributed by atoms with Crippen molar-refractivity contribution in [2.75, 3.05) is 19.6 Å². The molecule has 2 aromatic rings. The zero-order valence-electron chi connectivity index (χ0n) is 13.0. The summed E-state index contributed by atoms with van der Waals surface area (Å²) >= 11 is 6.09. The lowest BCUT2D eigenvalue weighted by molar-refractivity contribution is 0.778. The molecule has 22 heavy (non-hydrogen) atoms. The molecular formula is C17H23ClN4. The lowest BCUT2D eigenvalue weighted by atomic mass is 10.1. The first kappa shape index (κ1) is 15.2. The Bertz CT molecular complexity index is 658. The minimum atomic E-state index is 0.778. The van der Waals surface area contributed by atoms with Crippen molar-refractivity contribution in [3.8, 4) is 0 Å². The molecule has 1 aliphatic rings. The van der Waals surface area contributed by atoms with Gasteiger partial charge in [0.05, 0.1) is 0 Å². The van der Waals surface area contributed by atoms with Gasteiger partial charge in [-0.25, -0.2) is 0 Å². The molecule has 0 amide bonds. The van der Waals surface area contributed by atoms with Crippen LogP contribution in [0.3, 0.4) is 0 Å². The van der Waals surface area contributed by atoms with Gasteiger partial charge in [-0.1, -0.05) is 11.6 Å². The molecule has 1 aliphatic carbocycles. The summed E-state index contributed by atoms with van der Waals surface area (Å²) in [6.45, 7) is 4.78. The first-order chi connectivity index (χ1) is 10.8. The molecule has 1 fully saturated rings. The number of benzene rings is 1. The third kappa shape index (κ3) is 3.95. The third-order valence-electron chi connectivity index (χ3n) is 3.96. The molecule has 0 radical (unpaired) electrons. The quantitative estimate of drug-likeness (QED) is 0.565. The highest BCUT2D eigenvalue weighted by molar-refractivity contribution is 6.31. The summed E-state index contributed by atoms with van der Waals surface area (Å²) < 4.78 is 0. The molecule has 0 unspecified atom stereocenters. The van der Waals surface area contributed by atoms with Crippen LogP contribution in [-0.4, -0.2) is 30.6 Å². The van der Waals surface area contributed by atoms with Crippen molar-refractivity contribution < 1.29 is 0 Å². The van der Waals surface area contributed by atoms with Crippen LogP contribution in [0.2, 0.25) is 5.02 Å². The first-order valence-electron chi connectivity index (χ1n) is 8.04. The van der Waals surface area contributed by atoms with Gasteiger partial charge in [0, 0.05) is 41.8 Å². The van der Waals surface area contributed by atoms with Gasteiger partial charge in [0.1, 0.15) is 0 Å². The Morgan fingerprint density at radius 1 is 1.36 bits per heavy atom. The second kappa shape index (κ2) is 7.05. The number of rotatable bonds is 6. The van der Waals surface area contributed by atoms with E-state index >= 15 is 0 Å². The van der Waals surface area contributed by atoms with Gasteiger partial charge in [-0.3, -0.25) is 4.99 Å². The topological polar surface area (TPSA) is 52.2 Å². The summed E-state index contributed by atoms with van der Waals surface area (Å²) in [4.78, 5) is 7.93. The molecule has 0 spiro atoms. The lowest BCUT2D eigenvalue weighted by Gasteiger charge is -2.11. The van der Waals surface area contributed by atoms with Crippen LogP contribution in [0.15, 0.2) is 29.4 Å². The van der Waals surface area contributed by atoms with Gasteiger partial charge in [0.2, 0.25) is 0 Å². The van der Waals surface area contributed by atoms with E-state index in [1.165, 1.54) is 23.8 Å². The summed E-state index contributed by atoms with van der Waals surface area (Å²) in [5, 5.41) is 8.70. The van der Waals surface area contributed by atoms with E-state index in [0.717, 1.165) is 48.5 Å². The Balaban J connectivity index is 1.58. The average Bonchev–Trinajstić information content (AvgIpc) is 3.26. The fourth-order valence-electron chi connectivity index (χ4n) is 2.54. The molecule has 1 heterocycles. The highest BCUT2D eigenvalue weighted by Crippen LogP contribution is 2.28. The summed E-state index contributed by atoms with van der Waals surface area (Å²) in [6, 6.07) is 5.96. The molecule has 3 rings (SSSR count). The number of nitrogens with one attached hydrogen (secondary N) is 3. The van der Waals surface area contributed by atoms with Crippen LogP contribution in [0.4, 0.5) is 0 Å². The largest absolute Gasteiger partial charge is 0.361 e. The molecule has 0 saturated heterocycles. The Kier molecular flexibility index (Phi) is 4.88. The molecule has 1 aromatic heterocycles. The van der Waals surface area contributed by atoms with Crippen molar-refractivity contribution in [3.63, 3.8) is 0 Å². The van der Waals surface area contributed by atoms with Crippen LogP contribution in [0.1, 0.15) is 25.3 Å². The molecule has 118 valence electrons. The number of fused-ring (bicyclic) bond motifs is 1. The smallest absolute Gasteiger partial charge is 0.191 e. The van der Waals surface area contributed by atoms with Crippen LogP contribution < -0.4 is 10.6 Å². The minimum Gasteiger partial charge on any atom is -0.361 e. The SMILES string of the molecule is CCNC(=NCC1CC1)NCCc1c[nH]c2ccc(Cl)cc12. The number of aromatic amines is 1. The zero-order valence-corrected chi connectivity index (χ0v) is 13.7. The van der Waals surface area contributed by atoms with Crippen molar-refractivity contribution >= 4 is 28.5 Å². The predicted molar refractivity (Wildman–Crippen MR) is 93.7 cm³/mol. The molecule has 0 atom stereocenters. The van der Waals surface area contributed by atoms with Gasteiger partial charge in [-0.15, -0.1) is 0 Å². The van der Waals surface area contributed by atoms with Crippen molar-refractivity contribution in [1.29, 1.82) is 0 Å². The van der Waals surface area contributed by atoms with Crippen LogP contribution in [-0.2, 0) is 6.42 Å². The predicted octanol–water partition coefficient (Wildman–Crippen LogP) is 3.33. The Hall–Kier alpha value is -1.68. The number of aliphatic imine (C=N–C) groups is 1. The summed E-state index contributed by atoms with van der Waals surface area (Å²) in [5.74, 6) is 1.73. The number of aromatic nitrogens is 1. The second-order valence-electron chi connectivity index (χ2n) is 5.84. The van der Waals surface area contributed by atoms with Gasteiger partial charge >= 0.3 is 0 Å². The minimum absolute atomic E-state index is 0.778. The van der Waals surface area contributed by atoms with E-state index in [1.807, 2.05) is 18.2 Å². The zero-order chi connectivity index (χ0) is 15.4. The fourth-order valence-corrected chi connectivity index (χ4v) is 2.71. The Morgan fingerprint density at radius 3 is 3.00 bits per heavy atom. The maximum Gasteiger partial charge on any atom is 0.191 e. The normalized spacial score (nSPS) is 15.3. The monoisotopic (exact) mass is 318 g/mol. The van der Waals surface area contributed by atoms with Crippen LogP contribution in [0.5, 0.6) is 0 Å². The summed E-state index contributed by atoms with van der Waals surface area (Å²) in [6.07, 6.45) is 5.67. The van der Waals surface area contributed by atoms with Gasteiger partial charge in [-0.05, 0) is 55.9 Å². The lowest BCUT2D eigenvalue weighted by Crippen LogP contribution is -2.38. The van der Waals surface area contributed by atoms with E-state index in [9.17, 15) is 0 Å². The van der Waals surface area contributed by atoms with E-state index in [1.54, 1.807) is 0 Å². The number of H-pyrrole nitrogens is 1. The number of halogens is 1. The first-order valence-corrected chi connectivity index (χ1v) is 8.41. The standard InChI is InChI=1S/C17H23ClN4/c1-2-19-17(22-10-12-3-4-12)20-8-7-13-11-21-16-6-5-14(18)9-15(13)16/h5-6,9,11-12,21H,2-4,7-8,10H2,1H3,(H2,19,20,22). The molecule has 5 heteroatoms. The maximum atomic E-state index is 6.09. The molecule has 1 saturated carbocycles. The molecule has 3 N–H and O–H groups in total. The van der Waals surface area contributed by atoms with Gasteiger partial charge < -0.3 is 15.6 Å². The Labute approximate surface area is 136 Å². The van der Waals surface area contributed by atoms with Gasteiger partial charge in [-0.2, -0.15) is 0 Å². The van der Waals surface area contributed by atoms with Crippen LogP contribution in [0.25, 0.3) is 10.9 Å². The third-order valence-corrected chi connectivity index (χ3v) is 4.20. The number of guanidine groups is 1. The molecule has 1 aromatic carbocycles. The molecule has 0 bridgehead atoms.